The van der Waals surface area contributed by atoms with Crippen molar-refractivity contribution in [1.82, 2.24) is 9.62 Å². The highest BCUT2D eigenvalue weighted by Crippen LogP contribution is 2.42. The lowest BCUT2D eigenvalue weighted by molar-refractivity contribution is -0.275. The summed E-state index contributed by atoms with van der Waals surface area (Å²) in [6.45, 7) is 7.71. The minimum absolute atomic E-state index is 0.000618. The predicted molar refractivity (Wildman–Crippen MR) is 173 cm³/mol. The van der Waals surface area contributed by atoms with Gasteiger partial charge in [0.2, 0.25) is 10.0 Å². The fourth-order valence-corrected chi connectivity index (χ4v) is 6.52. The Labute approximate surface area is 260 Å². The molecule has 2 N–H and O–H groups in total. The SMILES string of the molecule is C=CCN(C)CC1OC(c2ccc(-c3cccc(CNS(=O)(=O)c4ccccc4)c3)cc2)OC(c2ccc(CO)cc2)C1C. The van der Waals surface area contributed by atoms with Crippen molar-refractivity contribution in [3.05, 3.63) is 138 Å². The molecule has 4 aromatic rings. The summed E-state index contributed by atoms with van der Waals surface area (Å²) >= 11 is 0. The Hall–Kier alpha value is -3.63. The van der Waals surface area contributed by atoms with Crippen LogP contribution in [0.15, 0.2) is 121 Å². The topological polar surface area (TPSA) is 88.1 Å². The van der Waals surface area contributed by atoms with E-state index in [1.54, 1.807) is 30.3 Å². The van der Waals surface area contributed by atoms with Gasteiger partial charge in [-0.05, 0) is 53.1 Å². The molecule has 7 nitrogen and oxygen atoms in total. The second kappa shape index (κ2) is 14.4. The highest BCUT2D eigenvalue weighted by molar-refractivity contribution is 7.89. The van der Waals surface area contributed by atoms with Gasteiger partial charge in [0, 0.05) is 31.1 Å². The van der Waals surface area contributed by atoms with Crippen molar-refractivity contribution in [3.8, 4) is 11.1 Å². The zero-order chi connectivity index (χ0) is 31.1. The monoisotopic (exact) mass is 612 g/mol. The van der Waals surface area contributed by atoms with Crippen LogP contribution in [0.2, 0.25) is 0 Å². The number of nitrogens with zero attached hydrogens (tertiary/aromatic N) is 1. The molecule has 5 rings (SSSR count). The van der Waals surface area contributed by atoms with Crippen molar-refractivity contribution >= 4 is 10.0 Å². The van der Waals surface area contributed by atoms with E-state index in [9.17, 15) is 13.5 Å². The van der Waals surface area contributed by atoms with Crippen molar-refractivity contribution in [2.45, 2.75) is 43.5 Å². The first-order valence-electron chi connectivity index (χ1n) is 14.8. The third kappa shape index (κ3) is 7.71. The van der Waals surface area contributed by atoms with Crippen LogP contribution in [0.3, 0.4) is 0 Å². The van der Waals surface area contributed by atoms with Gasteiger partial charge < -0.3 is 19.5 Å². The molecular formula is C36H40N2O5S. The number of benzene rings is 4. The largest absolute Gasteiger partial charge is 0.392 e. The van der Waals surface area contributed by atoms with Crippen molar-refractivity contribution in [2.24, 2.45) is 5.92 Å². The van der Waals surface area contributed by atoms with Crippen molar-refractivity contribution in [1.29, 1.82) is 0 Å². The number of likely N-dealkylation sites (N-methyl/N-ethyl adjacent to an activating group) is 1. The van der Waals surface area contributed by atoms with Gasteiger partial charge in [0.1, 0.15) is 0 Å². The maximum atomic E-state index is 12.7. The Balaban J connectivity index is 1.33. The number of rotatable bonds is 12. The Kier molecular flexibility index (Phi) is 10.4. The molecule has 0 spiro atoms. The highest BCUT2D eigenvalue weighted by atomic mass is 32.2. The van der Waals surface area contributed by atoms with E-state index in [2.05, 4.69) is 30.2 Å². The standard InChI is InChI=1S/C36H40N2O5S/c1-4-21-38(3)24-34-26(2)35(30-15-13-27(25-39)14-16-30)43-36(42-34)31-19-17-29(18-20-31)32-10-8-9-28(22-32)23-37-44(40,41)33-11-6-5-7-12-33/h4-20,22,26,34-37,39H,1,21,23-25H2,2-3H3. The third-order valence-corrected chi connectivity index (χ3v) is 9.44. The summed E-state index contributed by atoms with van der Waals surface area (Å²) in [5, 5.41) is 9.50. The smallest absolute Gasteiger partial charge is 0.240 e. The molecule has 0 radical (unpaired) electrons. The third-order valence-electron chi connectivity index (χ3n) is 8.02. The summed E-state index contributed by atoms with van der Waals surface area (Å²) in [4.78, 5) is 2.44. The molecule has 0 saturated carbocycles. The van der Waals surface area contributed by atoms with Crippen LogP contribution in [0.4, 0.5) is 0 Å². The fraction of sp³-hybridized carbons (Fsp3) is 0.278. The van der Waals surface area contributed by atoms with Crippen LogP contribution in [-0.4, -0.2) is 44.7 Å². The van der Waals surface area contributed by atoms with Crippen LogP contribution in [0, 0.1) is 5.92 Å². The van der Waals surface area contributed by atoms with Crippen molar-refractivity contribution < 1.29 is 23.0 Å². The molecule has 1 heterocycles. The van der Waals surface area contributed by atoms with E-state index in [-0.39, 0.29) is 36.2 Å². The highest BCUT2D eigenvalue weighted by Gasteiger charge is 2.38. The van der Waals surface area contributed by atoms with Crippen LogP contribution in [0.1, 0.15) is 41.6 Å². The molecule has 1 aliphatic rings. The van der Waals surface area contributed by atoms with Crippen LogP contribution < -0.4 is 4.72 Å². The molecule has 4 unspecified atom stereocenters. The van der Waals surface area contributed by atoms with E-state index < -0.39 is 16.3 Å². The minimum Gasteiger partial charge on any atom is -0.392 e. The first-order chi connectivity index (χ1) is 21.3. The summed E-state index contributed by atoms with van der Waals surface area (Å²) in [6, 6.07) is 32.3. The predicted octanol–water partition coefficient (Wildman–Crippen LogP) is 6.23. The van der Waals surface area contributed by atoms with Crippen LogP contribution in [0.25, 0.3) is 11.1 Å². The van der Waals surface area contributed by atoms with Gasteiger partial charge in [-0.3, -0.25) is 0 Å². The number of aliphatic hydroxyl groups is 1. The summed E-state index contributed by atoms with van der Waals surface area (Å²) < 4.78 is 41.2. The maximum absolute atomic E-state index is 12.7. The van der Waals surface area contributed by atoms with Gasteiger partial charge >= 0.3 is 0 Å². The average Bonchev–Trinajstić information content (AvgIpc) is 3.05. The van der Waals surface area contributed by atoms with Crippen molar-refractivity contribution in [3.63, 3.8) is 0 Å². The summed E-state index contributed by atoms with van der Waals surface area (Å²) in [5.74, 6) is 0.0971. The number of hydrogen-bond acceptors (Lipinski definition) is 6. The van der Waals surface area contributed by atoms with Gasteiger partial charge in [0.05, 0.1) is 23.7 Å². The number of aliphatic hydroxyl groups excluding tert-OH is 1. The van der Waals surface area contributed by atoms with Crippen LogP contribution in [-0.2, 0) is 32.6 Å². The molecule has 0 aromatic heterocycles. The number of hydrogen-bond donors (Lipinski definition) is 2. The molecule has 1 saturated heterocycles. The molecule has 8 heteroatoms. The minimum atomic E-state index is -3.60. The summed E-state index contributed by atoms with van der Waals surface area (Å²) in [6.07, 6.45) is 1.08. The molecule has 230 valence electrons. The Bertz CT molecular complexity index is 1630. The first kappa shape index (κ1) is 31.8. The first-order valence-corrected chi connectivity index (χ1v) is 16.3. The molecule has 4 aromatic carbocycles. The van der Waals surface area contributed by atoms with Gasteiger partial charge in [0.25, 0.3) is 0 Å². The molecule has 0 bridgehead atoms. The zero-order valence-electron chi connectivity index (χ0n) is 25.2. The van der Waals surface area contributed by atoms with Gasteiger partial charge in [-0.15, -0.1) is 6.58 Å². The maximum Gasteiger partial charge on any atom is 0.240 e. The molecule has 44 heavy (non-hydrogen) atoms. The average molecular weight is 613 g/mol. The molecule has 4 atom stereocenters. The van der Waals surface area contributed by atoms with Crippen LogP contribution >= 0.6 is 0 Å². The summed E-state index contributed by atoms with van der Waals surface area (Å²) in [7, 11) is -1.54. The summed E-state index contributed by atoms with van der Waals surface area (Å²) in [5.41, 5.74) is 5.68. The Morgan fingerprint density at radius 2 is 1.57 bits per heavy atom. The van der Waals surface area contributed by atoms with E-state index >= 15 is 0 Å². The lowest BCUT2D eigenvalue weighted by Gasteiger charge is -2.42. The quantitative estimate of drug-likeness (QED) is 0.184. The number of nitrogens with one attached hydrogen (secondary N) is 1. The zero-order valence-corrected chi connectivity index (χ0v) is 26.0. The molecule has 1 fully saturated rings. The second-order valence-corrected chi connectivity index (χ2v) is 13.1. The van der Waals surface area contributed by atoms with E-state index in [4.69, 9.17) is 9.47 Å². The Morgan fingerprint density at radius 3 is 2.25 bits per heavy atom. The van der Waals surface area contributed by atoms with E-state index in [1.807, 2.05) is 78.9 Å². The molecular weight excluding hydrogens is 572 g/mol. The van der Waals surface area contributed by atoms with E-state index in [0.29, 0.717) is 0 Å². The number of sulfonamides is 1. The fourth-order valence-electron chi connectivity index (χ4n) is 5.49. The molecule has 0 amide bonds. The van der Waals surface area contributed by atoms with E-state index in [0.717, 1.165) is 46.5 Å². The number of ether oxygens (including phenoxy) is 2. The van der Waals surface area contributed by atoms with Crippen molar-refractivity contribution in [2.75, 3.05) is 20.1 Å². The van der Waals surface area contributed by atoms with Gasteiger partial charge in [-0.2, -0.15) is 0 Å². The lowest BCUT2D eigenvalue weighted by Crippen LogP contribution is -2.43. The van der Waals surface area contributed by atoms with Crippen LogP contribution in [0.5, 0.6) is 0 Å². The second-order valence-electron chi connectivity index (χ2n) is 11.3. The molecule has 0 aliphatic carbocycles. The molecule has 1 aliphatic heterocycles. The Morgan fingerprint density at radius 1 is 0.864 bits per heavy atom. The normalized spacial score (nSPS) is 20.5. The van der Waals surface area contributed by atoms with Gasteiger partial charge in [0.15, 0.2) is 6.29 Å². The van der Waals surface area contributed by atoms with Gasteiger partial charge in [-0.25, -0.2) is 13.1 Å². The van der Waals surface area contributed by atoms with E-state index in [1.165, 1.54) is 0 Å². The van der Waals surface area contributed by atoms with Gasteiger partial charge in [-0.1, -0.05) is 97.9 Å². The lowest BCUT2D eigenvalue weighted by atomic mass is 9.90.